The lowest BCUT2D eigenvalue weighted by molar-refractivity contribution is 0.1000. The summed E-state index contributed by atoms with van der Waals surface area (Å²) in [6.07, 6.45) is 8.00. The molecule has 1 saturated heterocycles. The number of nitrogens with zero attached hydrogens (tertiary/aromatic N) is 5. The van der Waals surface area contributed by atoms with E-state index in [-0.39, 0.29) is 6.04 Å². The Labute approximate surface area is 132 Å². The highest BCUT2D eigenvalue weighted by Gasteiger charge is 2.29. The molecular weight excluding hydrogens is 300 g/mol. The summed E-state index contributed by atoms with van der Waals surface area (Å²) in [4.78, 5) is 18.1. The van der Waals surface area contributed by atoms with Crippen LogP contribution in [0.3, 0.4) is 0 Å². The van der Waals surface area contributed by atoms with E-state index < -0.39 is 5.91 Å². The van der Waals surface area contributed by atoms with Crippen LogP contribution in [0.4, 0.5) is 5.13 Å². The van der Waals surface area contributed by atoms with Gasteiger partial charge in [0.25, 0.3) is 5.91 Å². The largest absolute Gasteiger partial charge is 0.366 e. The number of hydrogen-bond donors (Lipinski definition) is 1. The fourth-order valence-electron chi connectivity index (χ4n) is 2.98. The molecule has 7 nitrogen and oxygen atoms in total. The Bertz CT molecular complexity index is 691. The third-order valence-electron chi connectivity index (χ3n) is 4.60. The van der Waals surface area contributed by atoms with Crippen molar-refractivity contribution in [3.63, 3.8) is 0 Å². The van der Waals surface area contributed by atoms with E-state index >= 15 is 0 Å². The van der Waals surface area contributed by atoms with Crippen LogP contribution in [-0.2, 0) is 0 Å². The number of rotatable bonds is 4. The van der Waals surface area contributed by atoms with E-state index in [4.69, 9.17) is 10.7 Å². The monoisotopic (exact) mass is 318 g/mol. The van der Waals surface area contributed by atoms with Crippen LogP contribution in [-0.4, -0.2) is 38.1 Å². The first kappa shape index (κ1) is 13.7. The van der Waals surface area contributed by atoms with Gasteiger partial charge in [-0.15, -0.1) is 0 Å². The van der Waals surface area contributed by atoms with Crippen LogP contribution in [0, 0.1) is 0 Å². The van der Waals surface area contributed by atoms with Crippen LogP contribution in [0.25, 0.3) is 0 Å². The Kier molecular flexibility index (Phi) is 3.33. The molecule has 2 aromatic heterocycles. The summed E-state index contributed by atoms with van der Waals surface area (Å²) in [5.74, 6) is 1.16. The van der Waals surface area contributed by atoms with Crippen molar-refractivity contribution in [1.82, 2.24) is 19.1 Å². The molecule has 1 aliphatic heterocycles. The predicted molar refractivity (Wildman–Crippen MR) is 83.1 cm³/mol. The zero-order valence-corrected chi connectivity index (χ0v) is 13.0. The van der Waals surface area contributed by atoms with E-state index in [0.29, 0.717) is 11.5 Å². The third-order valence-corrected chi connectivity index (χ3v) is 5.39. The Morgan fingerprint density at radius 2 is 2.23 bits per heavy atom. The molecule has 0 spiro atoms. The Balaban J connectivity index is 1.45. The summed E-state index contributed by atoms with van der Waals surface area (Å²) in [5.41, 5.74) is 5.73. The van der Waals surface area contributed by atoms with Crippen LogP contribution < -0.4 is 10.6 Å². The molecule has 0 aromatic carbocycles. The molecule has 4 rings (SSSR count). The van der Waals surface area contributed by atoms with Gasteiger partial charge in [0.15, 0.2) is 0 Å². The highest BCUT2D eigenvalue weighted by Crippen LogP contribution is 2.37. The lowest BCUT2D eigenvalue weighted by Gasteiger charge is -2.22. The lowest BCUT2D eigenvalue weighted by atomic mass is 9.85. The van der Waals surface area contributed by atoms with E-state index in [1.807, 2.05) is 4.68 Å². The van der Waals surface area contributed by atoms with E-state index in [2.05, 4.69) is 14.4 Å². The summed E-state index contributed by atoms with van der Waals surface area (Å²) in [7, 11) is 0. The average molecular weight is 318 g/mol. The van der Waals surface area contributed by atoms with Gasteiger partial charge in [0.1, 0.15) is 5.82 Å². The van der Waals surface area contributed by atoms with Gasteiger partial charge in [-0.05, 0) is 19.3 Å². The number of carbonyl (C=O) groups excluding carboxylic acids is 1. The van der Waals surface area contributed by atoms with E-state index in [1.165, 1.54) is 37.0 Å². The van der Waals surface area contributed by atoms with Crippen molar-refractivity contribution >= 4 is 22.6 Å². The maximum atomic E-state index is 11.2. The standard InChI is InChI=1S/C14H18N6OS/c15-12(21)10-6-16-20(7-10)11-4-5-19(8-11)14-17-13(18-22-14)9-2-1-3-9/h6-7,9,11H,1-5,8H2,(H2,15,21). The lowest BCUT2D eigenvalue weighted by Crippen LogP contribution is -2.21. The van der Waals surface area contributed by atoms with Gasteiger partial charge in [-0.25, -0.2) is 4.98 Å². The number of nitrogens with two attached hydrogens (primary N) is 1. The fraction of sp³-hybridized carbons (Fsp3) is 0.571. The molecular formula is C14H18N6OS. The number of anilines is 1. The molecule has 2 aromatic rings. The van der Waals surface area contributed by atoms with E-state index in [9.17, 15) is 4.79 Å². The maximum absolute atomic E-state index is 11.2. The molecule has 116 valence electrons. The van der Waals surface area contributed by atoms with Gasteiger partial charge in [-0.2, -0.15) is 9.47 Å². The summed E-state index contributed by atoms with van der Waals surface area (Å²) in [6.45, 7) is 1.79. The van der Waals surface area contributed by atoms with Crippen molar-refractivity contribution in [2.45, 2.75) is 37.6 Å². The van der Waals surface area contributed by atoms with Gasteiger partial charge < -0.3 is 10.6 Å². The first-order chi connectivity index (χ1) is 10.7. The van der Waals surface area contributed by atoms with E-state index in [1.54, 1.807) is 6.20 Å². The second-order valence-corrected chi connectivity index (χ2v) is 6.76. The minimum atomic E-state index is -0.435. The quantitative estimate of drug-likeness (QED) is 0.924. The number of primary amides is 1. The first-order valence-corrected chi connectivity index (χ1v) is 8.40. The molecule has 3 heterocycles. The topological polar surface area (TPSA) is 89.9 Å². The molecule has 0 bridgehead atoms. The summed E-state index contributed by atoms with van der Waals surface area (Å²) in [6, 6.07) is 0.254. The fourth-order valence-corrected chi connectivity index (χ4v) is 3.76. The van der Waals surface area contributed by atoms with Gasteiger partial charge >= 0.3 is 0 Å². The summed E-state index contributed by atoms with van der Waals surface area (Å²) in [5, 5.41) is 5.27. The highest BCUT2D eigenvalue weighted by atomic mass is 32.1. The normalized spacial score (nSPS) is 22.0. The summed E-state index contributed by atoms with van der Waals surface area (Å²) < 4.78 is 6.35. The average Bonchev–Trinajstić information content (AvgIpc) is 3.16. The van der Waals surface area contributed by atoms with E-state index in [0.717, 1.165) is 30.5 Å². The van der Waals surface area contributed by atoms with Crippen molar-refractivity contribution < 1.29 is 4.79 Å². The van der Waals surface area contributed by atoms with Crippen molar-refractivity contribution in [3.05, 3.63) is 23.8 Å². The zero-order chi connectivity index (χ0) is 15.1. The van der Waals surface area contributed by atoms with Gasteiger partial charge in [-0.3, -0.25) is 9.48 Å². The smallest absolute Gasteiger partial charge is 0.251 e. The predicted octanol–water partition coefficient (Wildman–Crippen LogP) is 1.55. The molecule has 1 unspecified atom stereocenters. The van der Waals surface area contributed by atoms with Gasteiger partial charge in [0.05, 0.1) is 17.8 Å². The van der Waals surface area contributed by atoms with Gasteiger partial charge in [0, 0.05) is 36.7 Å². The molecule has 1 aliphatic carbocycles. The minimum Gasteiger partial charge on any atom is -0.366 e. The molecule has 1 atom stereocenters. The van der Waals surface area contributed by atoms with Crippen LogP contribution in [0.15, 0.2) is 12.4 Å². The minimum absolute atomic E-state index is 0.254. The van der Waals surface area contributed by atoms with Gasteiger partial charge in [0.2, 0.25) is 5.13 Å². The van der Waals surface area contributed by atoms with Crippen molar-refractivity contribution in [2.24, 2.45) is 5.73 Å². The Morgan fingerprint density at radius 3 is 2.91 bits per heavy atom. The van der Waals surface area contributed by atoms with Crippen molar-refractivity contribution in [3.8, 4) is 0 Å². The zero-order valence-electron chi connectivity index (χ0n) is 12.2. The Morgan fingerprint density at radius 1 is 1.36 bits per heavy atom. The molecule has 2 aliphatic rings. The number of amides is 1. The van der Waals surface area contributed by atoms with Crippen molar-refractivity contribution in [1.29, 1.82) is 0 Å². The number of aromatic nitrogens is 4. The van der Waals surface area contributed by atoms with Crippen LogP contribution in [0.2, 0.25) is 0 Å². The molecule has 2 fully saturated rings. The van der Waals surface area contributed by atoms with Crippen LogP contribution in [0.1, 0.15) is 53.8 Å². The van der Waals surface area contributed by atoms with Crippen molar-refractivity contribution in [2.75, 3.05) is 18.0 Å². The first-order valence-electron chi connectivity index (χ1n) is 7.63. The molecule has 1 saturated carbocycles. The van der Waals surface area contributed by atoms with Gasteiger partial charge in [-0.1, -0.05) is 6.42 Å². The molecule has 8 heteroatoms. The number of hydrogen-bond acceptors (Lipinski definition) is 6. The summed E-state index contributed by atoms with van der Waals surface area (Å²) >= 11 is 1.49. The highest BCUT2D eigenvalue weighted by molar-refractivity contribution is 7.09. The third kappa shape index (κ3) is 2.37. The molecule has 0 radical (unpaired) electrons. The molecule has 1 amide bonds. The number of carbonyl (C=O) groups is 1. The van der Waals surface area contributed by atoms with Crippen LogP contribution >= 0.6 is 11.5 Å². The molecule has 22 heavy (non-hydrogen) atoms. The molecule has 2 N–H and O–H groups in total. The second kappa shape index (κ2) is 5.35. The van der Waals surface area contributed by atoms with Crippen LogP contribution in [0.5, 0.6) is 0 Å². The maximum Gasteiger partial charge on any atom is 0.251 e. The Hall–Kier alpha value is -1.96. The SMILES string of the molecule is NC(=O)c1cnn(C2CCN(c3nc(C4CCC4)ns3)C2)c1. The second-order valence-electron chi connectivity index (χ2n) is 6.02.